The van der Waals surface area contributed by atoms with Gasteiger partial charge in [0, 0.05) is 27.2 Å². The summed E-state index contributed by atoms with van der Waals surface area (Å²) in [5, 5.41) is 0. The summed E-state index contributed by atoms with van der Waals surface area (Å²) in [4.78, 5) is 21.6. The van der Waals surface area contributed by atoms with Crippen LogP contribution in [-0.4, -0.2) is 51.9 Å². The van der Waals surface area contributed by atoms with Gasteiger partial charge in [0.2, 0.25) is 5.91 Å². The van der Waals surface area contributed by atoms with Crippen molar-refractivity contribution in [3.63, 3.8) is 0 Å². The molecule has 1 aliphatic rings. The van der Waals surface area contributed by atoms with Gasteiger partial charge < -0.3 is 9.47 Å². The van der Waals surface area contributed by atoms with Crippen molar-refractivity contribution in [2.45, 2.75) is 32.7 Å². The first-order valence-corrected chi connectivity index (χ1v) is 8.97. The molecule has 0 radical (unpaired) electrons. The molecule has 0 aliphatic carbocycles. The number of imidazole rings is 1. The predicted octanol–water partition coefficient (Wildman–Crippen LogP) is 2.65. The van der Waals surface area contributed by atoms with Crippen LogP contribution in [0.5, 0.6) is 0 Å². The molecule has 1 amide bonds. The highest BCUT2D eigenvalue weighted by Gasteiger charge is 2.28. The van der Waals surface area contributed by atoms with E-state index in [1.807, 2.05) is 24.1 Å². The average Bonchev–Trinajstić information content (AvgIpc) is 2.91. The molecule has 1 aliphatic heterocycles. The van der Waals surface area contributed by atoms with Gasteiger partial charge in [-0.05, 0) is 37.9 Å². The highest BCUT2D eigenvalue weighted by molar-refractivity contribution is 5.79. The number of fused-ring (bicyclic) bond motifs is 1. The van der Waals surface area contributed by atoms with Crippen LogP contribution in [0, 0.1) is 5.92 Å². The number of carbonyl (C=O) groups excluding carboxylic acids is 1. The number of carbonyl (C=O) groups is 1. The van der Waals surface area contributed by atoms with E-state index >= 15 is 0 Å². The number of para-hydroxylation sites is 2. The Bertz CT molecular complexity index is 708. The number of likely N-dealkylation sites (tertiary alicyclic amines) is 1. The second-order valence-electron chi connectivity index (χ2n) is 6.91. The van der Waals surface area contributed by atoms with Gasteiger partial charge in [0.05, 0.1) is 23.5 Å². The first-order chi connectivity index (χ1) is 11.6. The molecule has 1 fully saturated rings. The number of hydrogen-bond donors (Lipinski definition) is 0. The summed E-state index contributed by atoms with van der Waals surface area (Å²) in [7, 11) is 4.00. The molecule has 0 spiro atoms. The minimum absolute atomic E-state index is 0.130. The molecule has 2 aromatic rings. The van der Waals surface area contributed by atoms with E-state index < -0.39 is 0 Å². The fraction of sp³-hybridized carbons (Fsp3) is 0.579. The number of amides is 1. The van der Waals surface area contributed by atoms with Crippen molar-refractivity contribution in [1.29, 1.82) is 0 Å². The second-order valence-corrected chi connectivity index (χ2v) is 6.91. The van der Waals surface area contributed by atoms with Gasteiger partial charge >= 0.3 is 0 Å². The Labute approximate surface area is 144 Å². The minimum Gasteiger partial charge on any atom is -0.345 e. The van der Waals surface area contributed by atoms with Crippen molar-refractivity contribution in [2.75, 3.05) is 26.7 Å². The number of aromatic nitrogens is 2. The first kappa shape index (κ1) is 17.0. The Morgan fingerprint density at radius 1 is 1.38 bits per heavy atom. The molecule has 0 unspecified atom stereocenters. The number of piperidine rings is 1. The van der Waals surface area contributed by atoms with Crippen LogP contribution in [0.2, 0.25) is 0 Å². The van der Waals surface area contributed by atoms with Gasteiger partial charge in [0.15, 0.2) is 0 Å². The summed E-state index contributed by atoms with van der Waals surface area (Å²) in [6.45, 7) is 5.66. The maximum Gasteiger partial charge on any atom is 0.226 e. The maximum absolute atomic E-state index is 12.6. The van der Waals surface area contributed by atoms with Crippen LogP contribution in [-0.2, 0) is 18.4 Å². The summed E-state index contributed by atoms with van der Waals surface area (Å²) in [6.07, 6.45) is 3.10. The zero-order valence-electron chi connectivity index (χ0n) is 15.0. The fourth-order valence-electron chi connectivity index (χ4n) is 3.69. The topological polar surface area (TPSA) is 41.4 Å². The van der Waals surface area contributed by atoms with Gasteiger partial charge in [-0.1, -0.05) is 19.1 Å². The number of hydrogen-bond acceptors (Lipinski definition) is 3. The summed E-state index contributed by atoms with van der Waals surface area (Å²) in [6, 6.07) is 8.24. The van der Waals surface area contributed by atoms with Gasteiger partial charge in [-0.25, -0.2) is 4.98 Å². The van der Waals surface area contributed by atoms with E-state index in [9.17, 15) is 4.79 Å². The van der Waals surface area contributed by atoms with Crippen LogP contribution in [0.15, 0.2) is 24.3 Å². The summed E-state index contributed by atoms with van der Waals surface area (Å²) in [5.41, 5.74) is 2.21. The van der Waals surface area contributed by atoms with Gasteiger partial charge in [0.1, 0.15) is 5.82 Å². The Morgan fingerprint density at radius 3 is 2.92 bits per heavy atom. The van der Waals surface area contributed by atoms with Crippen LogP contribution in [0.25, 0.3) is 11.0 Å². The molecule has 1 aromatic carbocycles. The molecule has 130 valence electrons. The third-order valence-electron chi connectivity index (χ3n) is 5.03. The summed E-state index contributed by atoms with van der Waals surface area (Å²) >= 11 is 0. The predicted molar refractivity (Wildman–Crippen MR) is 96.6 cm³/mol. The van der Waals surface area contributed by atoms with Crippen molar-refractivity contribution < 1.29 is 4.79 Å². The molecule has 0 saturated carbocycles. The van der Waals surface area contributed by atoms with Crippen LogP contribution in [0.1, 0.15) is 32.0 Å². The van der Waals surface area contributed by atoms with Gasteiger partial charge in [-0.3, -0.25) is 9.69 Å². The van der Waals surface area contributed by atoms with Crippen molar-refractivity contribution in [3.05, 3.63) is 30.1 Å². The molecule has 0 N–H and O–H groups in total. The third-order valence-corrected chi connectivity index (χ3v) is 5.03. The largest absolute Gasteiger partial charge is 0.345 e. The van der Waals surface area contributed by atoms with E-state index in [0.717, 1.165) is 56.8 Å². The molecule has 1 saturated heterocycles. The van der Waals surface area contributed by atoms with Crippen molar-refractivity contribution in [1.82, 2.24) is 19.4 Å². The lowest BCUT2D eigenvalue weighted by molar-refractivity contribution is -0.136. The summed E-state index contributed by atoms with van der Waals surface area (Å²) in [5.74, 6) is 1.50. The number of rotatable bonds is 5. The lowest BCUT2D eigenvalue weighted by Crippen LogP contribution is -2.43. The average molecular weight is 328 g/mol. The molecule has 1 aromatic heterocycles. The Hall–Kier alpha value is -1.88. The number of benzene rings is 1. The van der Waals surface area contributed by atoms with E-state index in [2.05, 4.69) is 35.6 Å². The maximum atomic E-state index is 12.6. The second kappa shape index (κ2) is 7.34. The van der Waals surface area contributed by atoms with Gasteiger partial charge in [-0.15, -0.1) is 0 Å². The van der Waals surface area contributed by atoms with E-state index in [-0.39, 0.29) is 5.92 Å². The SMILES string of the molecule is CCCN(C)C(=O)[C@@H]1CCCN(Cc2nc3ccccc3n2C)C1. The van der Waals surface area contributed by atoms with Crippen molar-refractivity contribution >= 4 is 16.9 Å². The lowest BCUT2D eigenvalue weighted by Gasteiger charge is -2.33. The van der Waals surface area contributed by atoms with Crippen LogP contribution >= 0.6 is 0 Å². The standard InChI is InChI=1S/C19H28N4O/c1-4-11-21(2)19(24)15-8-7-12-23(13-15)14-18-20-16-9-5-6-10-17(16)22(18)3/h5-6,9-10,15H,4,7-8,11-14H2,1-3H3/t15-/m1/s1. The van der Waals surface area contributed by atoms with Crippen LogP contribution in [0.3, 0.4) is 0 Å². The minimum atomic E-state index is 0.130. The zero-order chi connectivity index (χ0) is 17.1. The third kappa shape index (κ3) is 3.46. The number of aryl methyl sites for hydroxylation is 1. The lowest BCUT2D eigenvalue weighted by atomic mass is 9.96. The molecule has 3 rings (SSSR count). The molecule has 1 atom stereocenters. The van der Waals surface area contributed by atoms with E-state index in [0.29, 0.717) is 5.91 Å². The molecule has 24 heavy (non-hydrogen) atoms. The van der Waals surface area contributed by atoms with Crippen molar-refractivity contribution in [3.8, 4) is 0 Å². The Kier molecular flexibility index (Phi) is 5.19. The Balaban J connectivity index is 1.68. The molecule has 5 nitrogen and oxygen atoms in total. The smallest absolute Gasteiger partial charge is 0.226 e. The normalized spacial score (nSPS) is 18.9. The van der Waals surface area contributed by atoms with Crippen molar-refractivity contribution in [2.24, 2.45) is 13.0 Å². The summed E-state index contributed by atoms with van der Waals surface area (Å²) < 4.78 is 2.17. The number of nitrogens with zero attached hydrogens (tertiary/aromatic N) is 4. The van der Waals surface area contributed by atoms with Crippen LogP contribution in [0.4, 0.5) is 0 Å². The zero-order valence-corrected chi connectivity index (χ0v) is 15.0. The molecular weight excluding hydrogens is 300 g/mol. The first-order valence-electron chi connectivity index (χ1n) is 8.97. The molecular formula is C19H28N4O. The highest BCUT2D eigenvalue weighted by atomic mass is 16.2. The molecule has 2 heterocycles. The van der Waals surface area contributed by atoms with Crippen LogP contribution < -0.4 is 0 Å². The van der Waals surface area contributed by atoms with E-state index in [4.69, 9.17) is 4.98 Å². The molecule has 5 heteroatoms. The highest BCUT2D eigenvalue weighted by Crippen LogP contribution is 2.22. The molecule has 0 bridgehead atoms. The van der Waals surface area contributed by atoms with E-state index in [1.165, 1.54) is 5.52 Å². The van der Waals surface area contributed by atoms with E-state index in [1.54, 1.807) is 0 Å². The fourth-order valence-corrected chi connectivity index (χ4v) is 3.69. The van der Waals surface area contributed by atoms with Gasteiger partial charge in [0.25, 0.3) is 0 Å². The quantitative estimate of drug-likeness (QED) is 0.847. The monoisotopic (exact) mass is 328 g/mol. The Morgan fingerprint density at radius 2 is 2.17 bits per heavy atom. The van der Waals surface area contributed by atoms with Gasteiger partial charge in [-0.2, -0.15) is 0 Å².